The summed E-state index contributed by atoms with van der Waals surface area (Å²) >= 11 is 8.95. The summed E-state index contributed by atoms with van der Waals surface area (Å²) in [7, 11) is 0. The van der Waals surface area contributed by atoms with Crippen LogP contribution >= 0.6 is 24.8 Å². The fourth-order valence-electron chi connectivity index (χ4n) is 0.948. The summed E-state index contributed by atoms with van der Waals surface area (Å²) in [5, 5.41) is 8.56. The molecule has 0 saturated carbocycles. The van der Waals surface area contributed by atoms with E-state index in [4.69, 9.17) is 17.5 Å². The summed E-state index contributed by atoms with van der Waals surface area (Å²) in [6, 6.07) is 11.5. The number of rotatable bonds is 2. The lowest BCUT2D eigenvalue weighted by atomic mass is 10.3. The molecule has 0 aromatic heterocycles. The van der Waals surface area contributed by atoms with E-state index in [1.54, 1.807) is 4.90 Å². The Kier molecular flexibility index (Phi) is 3.74. The lowest BCUT2D eigenvalue weighted by Gasteiger charge is -2.18. The Bertz CT molecular complexity index is 329. The van der Waals surface area contributed by atoms with Crippen LogP contribution in [0.15, 0.2) is 30.3 Å². The van der Waals surface area contributed by atoms with Gasteiger partial charge >= 0.3 is 0 Å². The topological polar surface area (TPSA) is 27.0 Å². The first kappa shape index (κ1) is 10.0. The van der Waals surface area contributed by atoms with Crippen molar-refractivity contribution in [1.29, 1.82) is 5.26 Å². The van der Waals surface area contributed by atoms with Gasteiger partial charge in [0.05, 0.1) is 6.07 Å². The summed E-state index contributed by atoms with van der Waals surface area (Å²) in [5.41, 5.74) is 0.893. The lowest BCUT2D eigenvalue weighted by Crippen LogP contribution is -2.25. The van der Waals surface area contributed by atoms with Crippen molar-refractivity contribution in [1.82, 2.24) is 0 Å². The largest absolute Gasteiger partial charge is 0.314 e. The highest BCUT2D eigenvalue weighted by molar-refractivity contribution is 8.11. The molecular weight excluding hydrogens is 200 g/mol. The Morgan fingerprint density at radius 2 is 2.08 bits per heavy atom. The van der Waals surface area contributed by atoms with Crippen LogP contribution in [0, 0.1) is 11.3 Å². The number of hydrogen-bond acceptors (Lipinski definition) is 2. The van der Waals surface area contributed by atoms with Crippen molar-refractivity contribution >= 4 is 34.9 Å². The minimum absolute atomic E-state index is 0.229. The number of hydrogen-bond donors (Lipinski definition) is 1. The minimum atomic E-state index is 0.229. The van der Waals surface area contributed by atoms with Gasteiger partial charge in [0.15, 0.2) is 0 Å². The second-order valence-corrected chi connectivity index (χ2v) is 3.48. The van der Waals surface area contributed by atoms with Crippen LogP contribution in [-0.2, 0) is 0 Å². The Balaban J connectivity index is 2.90. The van der Waals surface area contributed by atoms with Gasteiger partial charge in [0.1, 0.15) is 10.9 Å². The van der Waals surface area contributed by atoms with E-state index in [1.165, 1.54) is 0 Å². The van der Waals surface area contributed by atoms with Gasteiger partial charge in [0, 0.05) is 5.69 Å². The van der Waals surface area contributed by atoms with Crippen molar-refractivity contribution < 1.29 is 0 Å². The third-order valence-electron chi connectivity index (χ3n) is 1.53. The fraction of sp³-hybridized carbons (Fsp3) is 0.111. The first-order valence-electron chi connectivity index (χ1n) is 3.68. The average molecular weight is 208 g/mol. The third kappa shape index (κ3) is 2.72. The zero-order chi connectivity index (χ0) is 9.68. The van der Waals surface area contributed by atoms with Crippen molar-refractivity contribution in [2.45, 2.75) is 0 Å². The SMILES string of the molecule is N#CCN(C(=S)S)c1ccccc1. The van der Waals surface area contributed by atoms with Gasteiger partial charge in [-0.15, -0.1) is 12.6 Å². The van der Waals surface area contributed by atoms with Crippen LogP contribution in [0.2, 0.25) is 0 Å². The van der Waals surface area contributed by atoms with Crippen molar-refractivity contribution in [3.8, 4) is 6.07 Å². The molecule has 1 rings (SSSR count). The van der Waals surface area contributed by atoms with Crippen molar-refractivity contribution in [2.24, 2.45) is 0 Å². The zero-order valence-corrected chi connectivity index (χ0v) is 8.55. The van der Waals surface area contributed by atoms with E-state index >= 15 is 0 Å². The van der Waals surface area contributed by atoms with Crippen LogP contribution in [0.25, 0.3) is 0 Å². The number of anilines is 1. The molecule has 0 unspecified atom stereocenters. The summed E-state index contributed by atoms with van der Waals surface area (Å²) in [4.78, 5) is 1.67. The van der Waals surface area contributed by atoms with E-state index in [-0.39, 0.29) is 6.54 Å². The number of nitrogens with zero attached hydrogens (tertiary/aromatic N) is 2. The Morgan fingerprint density at radius 1 is 1.46 bits per heavy atom. The second kappa shape index (κ2) is 4.85. The van der Waals surface area contributed by atoms with Gasteiger partial charge in [0.2, 0.25) is 0 Å². The van der Waals surface area contributed by atoms with Crippen LogP contribution < -0.4 is 4.90 Å². The van der Waals surface area contributed by atoms with Gasteiger partial charge in [-0.05, 0) is 12.1 Å². The molecule has 13 heavy (non-hydrogen) atoms. The first-order chi connectivity index (χ1) is 6.25. The molecule has 2 nitrogen and oxygen atoms in total. The molecule has 0 radical (unpaired) electrons. The molecule has 0 amide bonds. The summed E-state index contributed by atoms with van der Waals surface area (Å²) in [5.74, 6) is 0. The maximum atomic E-state index is 8.56. The minimum Gasteiger partial charge on any atom is -0.314 e. The average Bonchev–Trinajstić information content (AvgIpc) is 2.15. The quantitative estimate of drug-likeness (QED) is 0.459. The molecular formula is C9H8N2S2. The normalized spacial score (nSPS) is 8.92. The van der Waals surface area contributed by atoms with Gasteiger partial charge < -0.3 is 4.90 Å². The predicted molar refractivity (Wildman–Crippen MR) is 61.0 cm³/mol. The summed E-state index contributed by atoms with van der Waals surface area (Å²) in [6.07, 6.45) is 0. The van der Waals surface area contributed by atoms with E-state index < -0.39 is 0 Å². The molecule has 0 aliphatic carbocycles. The van der Waals surface area contributed by atoms with Crippen molar-refractivity contribution in [3.05, 3.63) is 30.3 Å². The molecule has 0 saturated heterocycles. The van der Waals surface area contributed by atoms with Crippen LogP contribution in [-0.4, -0.2) is 10.9 Å². The van der Waals surface area contributed by atoms with Crippen LogP contribution in [0.5, 0.6) is 0 Å². The molecule has 4 heteroatoms. The van der Waals surface area contributed by atoms with Gasteiger partial charge in [-0.3, -0.25) is 0 Å². The Labute approximate surface area is 88.2 Å². The van der Waals surface area contributed by atoms with Crippen LogP contribution in [0.3, 0.4) is 0 Å². The predicted octanol–water partition coefficient (Wildman–Crippen LogP) is 2.23. The Hall–Kier alpha value is -1.05. The van der Waals surface area contributed by atoms with Gasteiger partial charge in [-0.2, -0.15) is 5.26 Å². The zero-order valence-electron chi connectivity index (χ0n) is 6.84. The van der Waals surface area contributed by atoms with Crippen LogP contribution in [0.1, 0.15) is 0 Å². The molecule has 0 aliphatic heterocycles. The van der Waals surface area contributed by atoms with Crippen molar-refractivity contribution in [2.75, 3.05) is 11.4 Å². The summed E-state index contributed by atoms with van der Waals surface area (Å²) in [6.45, 7) is 0.229. The van der Waals surface area contributed by atoms with E-state index in [0.717, 1.165) is 5.69 Å². The van der Waals surface area contributed by atoms with E-state index in [9.17, 15) is 0 Å². The maximum absolute atomic E-state index is 8.56. The molecule has 66 valence electrons. The van der Waals surface area contributed by atoms with E-state index in [2.05, 4.69) is 12.6 Å². The second-order valence-electron chi connectivity index (χ2n) is 2.36. The van der Waals surface area contributed by atoms with Crippen LogP contribution in [0.4, 0.5) is 5.69 Å². The van der Waals surface area contributed by atoms with Gasteiger partial charge in [-0.25, -0.2) is 0 Å². The van der Waals surface area contributed by atoms with Gasteiger partial charge in [0.25, 0.3) is 0 Å². The molecule has 0 aliphatic rings. The number of nitriles is 1. The lowest BCUT2D eigenvalue weighted by molar-refractivity contribution is 1.17. The first-order valence-corrected chi connectivity index (χ1v) is 4.53. The van der Waals surface area contributed by atoms with E-state index in [1.807, 2.05) is 36.4 Å². The molecule has 0 N–H and O–H groups in total. The molecule has 1 aromatic carbocycles. The Morgan fingerprint density at radius 3 is 2.54 bits per heavy atom. The highest BCUT2D eigenvalue weighted by Crippen LogP contribution is 2.14. The smallest absolute Gasteiger partial charge is 0.138 e. The monoisotopic (exact) mass is 208 g/mol. The standard InChI is InChI=1S/C9H8N2S2/c10-6-7-11(9(12)13)8-4-2-1-3-5-8/h1-5H,7H2,(H,12,13). The number of thiocarbonyl (C=S) groups is 1. The molecule has 0 bridgehead atoms. The van der Waals surface area contributed by atoms with Crippen molar-refractivity contribution in [3.63, 3.8) is 0 Å². The van der Waals surface area contributed by atoms with Gasteiger partial charge in [-0.1, -0.05) is 30.4 Å². The molecule has 0 fully saturated rings. The highest BCUT2D eigenvalue weighted by atomic mass is 32.1. The fourth-order valence-corrected chi connectivity index (χ4v) is 1.30. The summed E-state index contributed by atoms with van der Waals surface area (Å²) < 4.78 is 0.410. The maximum Gasteiger partial charge on any atom is 0.138 e. The molecule has 1 aromatic rings. The number of benzene rings is 1. The third-order valence-corrected chi connectivity index (χ3v) is 1.99. The number of para-hydroxylation sites is 1. The molecule has 0 atom stereocenters. The number of thiol groups is 1. The molecule has 0 spiro atoms. The molecule has 0 heterocycles. The van der Waals surface area contributed by atoms with E-state index in [0.29, 0.717) is 4.32 Å². The highest BCUT2D eigenvalue weighted by Gasteiger charge is 2.06.